The minimum absolute atomic E-state index is 0.0319. The normalized spacial score (nSPS) is 16.0. The molecule has 8 heteroatoms. The number of carbonyl (C=O) groups excluding carboxylic acids is 1. The molecule has 1 N–H and O–H groups in total. The molecule has 1 aliphatic heterocycles. The predicted octanol–water partition coefficient (Wildman–Crippen LogP) is 1.81. The standard InChI is InChI=1S/C18H19N3O5/c1-11-19-15(9-16(20-11)18(23)24-2)17-10-14(21-26-17)12-3-5-13(6-4-12)25-8-7-22/h3-6,9,17,22H,7-8,10H2,1-2H3. The number of benzene rings is 1. The molecule has 2 aromatic rings. The van der Waals surface area contributed by atoms with Gasteiger partial charge in [-0.25, -0.2) is 14.8 Å². The van der Waals surface area contributed by atoms with Crippen LogP contribution in [0.1, 0.15) is 40.1 Å². The van der Waals surface area contributed by atoms with E-state index in [9.17, 15) is 4.79 Å². The average molecular weight is 357 g/mol. The summed E-state index contributed by atoms with van der Waals surface area (Å²) in [5, 5.41) is 12.9. The lowest BCUT2D eigenvalue weighted by atomic mass is 10.0. The second kappa shape index (κ2) is 7.92. The molecular formula is C18H19N3O5. The lowest BCUT2D eigenvalue weighted by Gasteiger charge is -2.09. The summed E-state index contributed by atoms with van der Waals surface area (Å²) in [6.45, 7) is 1.93. The van der Waals surface area contributed by atoms with Gasteiger partial charge >= 0.3 is 5.97 Å². The van der Waals surface area contributed by atoms with Gasteiger partial charge in [0.05, 0.1) is 25.1 Å². The van der Waals surface area contributed by atoms with E-state index >= 15 is 0 Å². The van der Waals surface area contributed by atoms with Gasteiger partial charge in [0.15, 0.2) is 11.8 Å². The Labute approximate surface area is 150 Å². The number of aliphatic hydroxyl groups excluding tert-OH is 1. The molecule has 1 unspecified atom stereocenters. The fourth-order valence-electron chi connectivity index (χ4n) is 2.58. The number of aliphatic hydroxyl groups is 1. The third-order valence-corrected chi connectivity index (χ3v) is 3.80. The van der Waals surface area contributed by atoms with Crippen LogP contribution in [0.5, 0.6) is 5.75 Å². The van der Waals surface area contributed by atoms with Crippen molar-refractivity contribution in [3.8, 4) is 5.75 Å². The van der Waals surface area contributed by atoms with Gasteiger partial charge in [-0.2, -0.15) is 0 Å². The van der Waals surface area contributed by atoms with Crippen LogP contribution in [-0.2, 0) is 9.57 Å². The molecule has 0 radical (unpaired) electrons. The zero-order chi connectivity index (χ0) is 18.5. The molecule has 2 heterocycles. The molecule has 0 bridgehead atoms. The highest BCUT2D eigenvalue weighted by Gasteiger charge is 2.26. The van der Waals surface area contributed by atoms with Crippen molar-refractivity contribution in [3.63, 3.8) is 0 Å². The van der Waals surface area contributed by atoms with Gasteiger partial charge < -0.3 is 19.4 Å². The second-order valence-electron chi connectivity index (χ2n) is 5.65. The van der Waals surface area contributed by atoms with E-state index in [4.69, 9.17) is 19.4 Å². The van der Waals surface area contributed by atoms with Crippen molar-refractivity contribution in [1.82, 2.24) is 9.97 Å². The van der Waals surface area contributed by atoms with E-state index in [0.717, 1.165) is 11.3 Å². The molecule has 8 nitrogen and oxygen atoms in total. The monoisotopic (exact) mass is 357 g/mol. The largest absolute Gasteiger partial charge is 0.491 e. The fourth-order valence-corrected chi connectivity index (χ4v) is 2.58. The number of oxime groups is 1. The van der Waals surface area contributed by atoms with Gasteiger partial charge in [0.25, 0.3) is 0 Å². The molecule has 0 saturated heterocycles. The maximum atomic E-state index is 11.7. The molecule has 0 spiro atoms. The molecule has 1 aromatic heterocycles. The first-order chi connectivity index (χ1) is 12.6. The highest BCUT2D eigenvalue weighted by atomic mass is 16.6. The number of aromatic nitrogens is 2. The van der Waals surface area contributed by atoms with E-state index < -0.39 is 5.97 Å². The Balaban J connectivity index is 1.72. The summed E-state index contributed by atoms with van der Waals surface area (Å²) in [5.41, 5.74) is 2.46. The van der Waals surface area contributed by atoms with Gasteiger partial charge in [-0.05, 0) is 42.8 Å². The smallest absolute Gasteiger partial charge is 0.356 e. The summed E-state index contributed by atoms with van der Waals surface area (Å²) in [7, 11) is 1.31. The maximum absolute atomic E-state index is 11.7. The van der Waals surface area contributed by atoms with E-state index in [1.54, 1.807) is 13.0 Å². The molecule has 3 rings (SSSR count). The van der Waals surface area contributed by atoms with Gasteiger partial charge in [-0.3, -0.25) is 0 Å². The third kappa shape index (κ3) is 3.97. The number of aryl methyl sites for hydroxylation is 1. The number of methoxy groups -OCH3 is 1. The van der Waals surface area contributed by atoms with Crippen LogP contribution in [0.3, 0.4) is 0 Å². The first-order valence-corrected chi connectivity index (χ1v) is 8.11. The first kappa shape index (κ1) is 17.8. The van der Waals surface area contributed by atoms with Crippen molar-refractivity contribution < 1.29 is 24.2 Å². The third-order valence-electron chi connectivity index (χ3n) is 3.80. The Kier molecular flexibility index (Phi) is 5.43. The van der Waals surface area contributed by atoms with Crippen LogP contribution >= 0.6 is 0 Å². The predicted molar refractivity (Wildman–Crippen MR) is 92.1 cm³/mol. The fraction of sp³-hybridized carbons (Fsp3) is 0.333. The Morgan fingerprint density at radius 1 is 1.31 bits per heavy atom. The van der Waals surface area contributed by atoms with Gasteiger partial charge in [-0.15, -0.1) is 0 Å². The number of nitrogens with zero attached hydrogens (tertiary/aromatic N) is 3. The van der Waals surface area contributed by atoms with Crippen molar-refractivity contribution in [2.24, 2.45) is 5.16 Å². The first-order valence-electron chi connectivity index (χ1n) is 8.11. The Hall–Kier alpha value is -3.00. The van der Waals surface area contributed by atoms with Crippen molar-refractivity contribution in [2.75, 3.05) is 20.3 Å². The van der Waals surface area contributed by atoms with E-state index in [1.165, 1.54) is 7.11 Å². The average Bonchev–Trinajstić information content (AvgIpc) is 3.16. The van der Waals surface area contributed by atoms with Crippen LogP contribution in [-0.4, -0.2) is 47.1 Å². The molecular weight excluding hydrogens is 338 g/mol. The number of hydrogen-bond donors (Lipinski definition) is 1. The van der Waals surface area contributed by atoms with Crippen LogP contribution in [0.4, 0.5) is 0 Å². The highest BCUT2D eigenvalue weighted by molar-refractivity contribution is 6.01. The molecule has 0 amide bonds. The van der Waals surface area contributed by atoms with Gasteiger partial charge in [0, 0.05) is 6.42 Å². The Morgan fingerprint density at radius 2 is 2.08 bits per heavy atom. The minimum atomic E-state index is -0.519. The summed E-state index contributed by atoms with van der Waals surface area (Å²) in [5.74, 6) is 0.618. The quantitative estimate of drug-likeness (QED) is 0.786. The van der Waals surface area contributed by atoms with Crippen molar-refractivity contribution in [2.45, 2.75) is 19.4 Å². The van der Waals surface area contributed by atoms with Crippen molar-refractivity contribution in [1.29, 1.82) is 0 Å². The van der Waals surface area contributed by atoms with Crippen LogP contribution < -0.4 is 4.74 Å². The van der Waals surface area contributed by atoms with Crippen molar-refractivity contribution in [3.05, 3.63) is 53.1 Å². The molecule has 1 aliphatic rings. The summed E-state index contributed by atoms with van der Waals surface area (Å²) >= 11 is 0. The number of carbonyl (C=O) groups is 1. The number of rotatable bonds is 6. The Bertz CT molecular complexity index is 820. The van der Waals surface area contributed by atoms with Crippen molar-refractivity contribution >= 4 is 11.7 Å². The maximum Gasteiger partial charge on any atom is 0.356 e. The molecule has 0 aliphatic carbocycles. The molecule has 26 heavy (non-hydrogen) atoms. The van der Waals surface area contributed by atoms with Gasteiger partial charge in [-0.1, -0.05) is 5.16 Å². The summed E-state index contributed by atoms with van der Waals surface area (Å²) in [6, 6.07) is 8.94. The molecule has 0 fully saturated rings. The summed E-state index contributed by atoms with van der Waals surface area (Å²) in [4.78, 5) is 25.6. The number of hydrogen-bond acceptors (Lipinski definition) is 8. The molecule has 1 atom stereocenters. The van der Waals surface area contributed by atoms with Crippen LogP contribution in [0.25, 0.3) is 0 Å². The SMILES string of the molecule is COC(=O)c1cc(C2CC(c3ccc(OCCO)cc3)=NO2)nc(C)n1. The van der Waals surface area contributed by atoms with E-state index in [0.29, 0.717) is 23.7 Å². The molecule has 1 aromatic carbocycles. The topological polar surface area (TPSA) is 103 Å². The van der Waals surface area contributed by atoms with E-state index in [2.05, 4.69) is 15.1 Å². The van der Waals surface area contributed by atoms with Crippen LogP contribution in [0.15, 0.2) is 35.5 Å². The second-order valence-corrected chi connectivity index (χ2v) is 5.65. The van der Waals surface area contributed by atoms with Crippen LogP contribution in [0, 0.1) is 6.92 Å². The number of ether oxygens (including phenoxy) is 2. The lowest BCUT2D eigenvalue weighted by molar-refractivity contribution is 0.0590. The zero-order valence-electron chi connectivity index (χ0n) is 14.5. The van der Waals surface area contributed by atoms with Gasteiger partial charge in [0.2, 0.25) is 0 Å². The minimum Gasteiger partial charge on any atom is -0.491 e. The lowest BCUT2D eigenvalue weighted by Crippen LogP contribution is -2.11. The number of esters is 1. The van der Waals surface area contributed by atoms with E-state index in [-0.39, 0.29) is 25.0 Å². The van der Waals surface area contributed by atoms with E-state index in [1.807, 2.05) is 24.3 Å². The Morgan fingerprint density at radius 3 is 2.77 bits per heavy atom. The summed E-state index contributed by atoms with van der Waals surface area (Å²) < 4.78 is 10.1. The molecule has 0 saturated carbocycles. The van der Waals surface area contributed by atoms with Gasteiger partial charge in [0.1, 0.15) is 18.2 Å². The van der Waals surface area contributed by atoms with Crippen LogP contribution in [0.2, 0.25) is 0 Å². The molecule has 136 valence electrons. The highest BCUT2D eigenvalue weighted by Crippen LogP contribution is 2.29. The zero-order valence-corrected chi connectivity index (χ0v) is 14.5. The summed E-state index contributed by atoms with van der Waals surface area (Å²) in [6.07, 6.45) is 0.133.